The second-order valence-electron chi connectivity index (χ2n) is 4.64. The molecule has 1 aromatic carbocycles. The predicted molar refractivity (Wildman–Crippen MR) is 87.9 cm³/mol. The van der Waals surface area contributed by atoms with Gasteiger partial charge in [-0.2, -0.15) is 5.10 Å². The van der Waals surface area contributed by atoms with Gasteiger partial charge in [0.25, 0.3) is 0 Å². The zero-order valence-corrected chi connectivity index (χ0v) is 13.3. The molecule has 0 aliphatic rings. The first kappa shape index (κ1) is 15.5. The number of carbonyl (C=O) groups is 1. The van der Waals surface area contributed by atoms with Crippen LogP contribution in [0.4, 0.5) is 5.69 Å². The predicted octanol–water partition coefficient (Wildman–Crippen LogP) is 3.15. The van der Waals surface area contributed by atoms with Gasteiger partial charge in [0.15, 0.2) is 5.82 Å². The lowest BCUT2D eigenvalue weighted by molar-refractivity contribution is -0.115. The summed E-state index contributed by atoms with van der Waals surface area (Å²) in [5.41, 5.74) is 1.10. The molecule has 6 nitrogen and oxygen atoms in total. The Morgan fingerprint density at radius 2 is 1.96 bits per heavy atom. The second-order valence-corrected chi connectivity index (χ2v) is 5.45. The number of benzene rings is 1. The third kappa shape index (κ3) is 3.49. The lowest BCUT2D eigenvalue weighted by atomic mass is 10.1. The molecule has 0 aliphatic heterocycles. The van der Waals surface area contributed by atoms with Gasteiger partial charge < -0.3 is 5.32 Å². The quantitative estimate of drug-likeness (QED) is 0.786. The lowest BCUT2D eigenvalue weighted by Gasteiger charge is -2.11. The van der Waals surface area contributed by atoms with Crippen molar-refractivity contribution in [3.63, 3.8) is 0 Å². The van der Waals surface area contributed by atoms with Crippen molar-refractivity contribution in [2.45, 2.75) is 6.42 Å². The molecule has 0 saturated carbocycles. The number of nitrogens with zero attached hydrogens (tertiary/aromatic N) is 4. The molecule has 0 bridgehead atoms. The Morgan fingerprint density at radius 1 is 1.17 bits per heavy atom. The van der Waals surface area contributed by atoms with Crippen LogP contribution in [0.25, 0.3) is 5.82 Å². The average Bonchev–Trinajstić information content (AvgIpc) is 3.06. The maximum absolute atomic E-state index is 12.3. The van der Waals surface area contributed by atoms with Gasteiger partial charge >= 0.3 is 0 Å². The highest BCUT2D eigenvalue weighted by molar-refractivity contribution is 6.36. The van der Waals surface area contributed by atoms with E-state index < -0.39 is 0 Å². The number of anilines is 1. The van der Waals surface area contributed by atoms with E-state index in [1.54, 1.807) is 36.5 Å². The van der Waals surface area contributed by atoms with Gasteiger partial charge in [0.05, 0.1) is 12.1 Å². The van der Waals surface area contributed by atoms with Crippen LogP contribution in [0.1, 0.15) is 5.56 Å². The Bertz CT molecular complexity index is 815. The molecule has 3 rings (SSSR count). The molecule has 0 fully saturated rings. The summed E-state index contributed by atoms with van der Waals surface area (Å²) < 4.78 is 1.47. The van der Waals surface area contributed by atoms with Crippen molar-refractivity contribution < 1.29 is 4.79 Å². The largest absolute Gasteiger partial charge is 0.323 e. The SMILES string of the molecule is O=C(Cc1c(Cl)cccc1Cl)Nc1cccnc1-n1cncn1. The van der Waals surface area contributed by atoms with E-state index in [0.29, 0.717) is 27.1 Å². The normalized spacial score (nSPS) is 10.5. The fourth-order valence-corrected chi connectivity index (χ4v) is 2.58. The van der Waals surface area contributed by atoms with Crippen LogP contribution in [0, 0.1) is 0 Å². The standard InChI is InChI=1S/C15H11Cl2N5O/c16-11-3-1-4-12(17)10(11)7-14(23)21-13-5-2-6-19-15(13)22-9-18-8-20-22/h1-6,8-9H,7H2,(H,21,23). The van der Waals surface area contributed by atoms with Crippen LogP contribution in [0.5, 0.6) is 0 Å². The topological polar surface area (TPSA) is 72.7 Å². The molecule has 0 aliphatic carbocycles. The number of hydrogen-bond acceptors (Lipinski definition) is 4. The lowest BCUT2D eigenvalue weighted by Crippen LogP contribution is -2.17. The molecule has 0 spiro atoms. The first-order valence-corrected chi connectivity index (χ1v) is 7.43. The maximum atomic E-state index is 12.3. The summed E-state index contributed by atoms with van der Waals surface area (Å²) in [5.74, 6) is 0.220. The molecule has 116 valence electrons. The Hall–Kier alpha value is -2.44. The highest BCUT2D eigenvalue weighted by atomic mass is 35.5. The number of carbonyl (C=O) groups excluding carboxylic acids is 1. The van der Waals surface area contributed by atoms with E-state index in [9.17, 15) is 4.79 Å². The molecule has 2 aromatic heterocycles. The van der Waals surface area contributed by atoms with Gasteiger partial charge in [0.1, 0.15) is 12.7 Å². The first-order chi connectivity index (χ1) is 11.1. The van der Waals surface area contributed by atoms with Crippen molar-refractivity contribution in [2.24, 2.45) is 0 Å². The summed E-state index contributed by atoms with van der Waals surface area (Å²) in [7, 11) is 0. The third-order valence-corrected chi connectivity index (χ3v) is 3.80. The number of rotatable bonds is 4. The van der Waals surface area contributed by atoms with Crippen molar-refractivity contribution in [3.8, 4) is 5.82 Å². The molecule has 0 unspecified atom stereocenters. The molecule has 0 saturated heterocycles. The first-order valence-electron chi connectivity index (χ1n) is 6.68. The van der Waals surface area contributed by atoms with Crippen LogP contribution in [0.2, 0.25) is 10.0 Å². The van der Waals surface area contributed by atoms with Crippen LogP contribution in [0.3, 0.4) is 0 Å². The summed E-state index contributed by atoms with van der Waals surface area (Å²) in [6.07, 6.45) is 4.56. The molecule has 1 N–H and O–H groups in total. The average molecular weight is 348 g/mol. The van der Waals surface area contributed by atoms with Crippen molar-refractivity contribution in [2.75, 3.05) is 5.32 Å². The number of pyridine rings is 1. The zero-order valence-electron chi connectivity index (χ0n) is 11.8. The summed E-state index contributed by atoms with van der Waals surface area (Å²) >= 11 is 12.2. The molecule has 0 radical (unpaired) electrons. The van der Waals surface area contributed by atoms with Crippen molar-refractivity contribution in [3.05, 3.63) is 64.8 Å². The summed E-state index contributed by atoms with van der Waals surface area (Å²) in [6.45, 7) is 0. The van der Waals surface area contributed by atoms with Crippen LogP contribution >= 0.6 is 23.2 Å². The highest BCUT2D eigenvalue weighted by Crippen LogP contribution is 2.25. The summed E-state index contributed by atoms with van der Waals surface area (Å²) in [4.78, 5) is 20.4. The van der Waals surface area contributed by atoms with Gasteiger partial charge in [-0.15, -0.1) is 0 Å². The van der Waals surface area contributed by atoms with Crippen LogP contribution in [-0.2, 0) is 11.2 Å². The Kier molecular flexibility index (Phi) is 4.55. The van der Waals surface area contributed by atoms with E-state index in [2.05, 4.69) is 20.4 Å². The van der Waals surface area contributed by atoms with Gasteiger partial charge in [-0.3, -0.25) is 4.79 Å². The van der Waals surface area contributed by atoms with Gasteiger partial charge in [-0.25, -0.2) is 14.6 Å². The molecule has 3 aromatic rings. The van der Waals surface area contributed by atoms with Crippen LogP contribution in [0.15, 0.2) is 49.2 Å². The van der Waals surface area contributed by atoms with Gasteiger partial charge in [-0.05, 0) is 29.8 Å². The smallest absolute Gasteiger partial charge is 0.229 e. The second kappa shape index (κ2) is 6.76. The molecular formula is C15H11Cl2N5O. The van der Waals surface area contributed by atoms with Gasteiger partial charge in [0, 0.05) is 16.2 Å². The van der Waals surface area contributed by atoms with E-state index in [1.807, 2.05) is 0 Å². The van der Waals surface area contributed by atoms with Gasteiger partial charge in [0.2, 0.25) is 5.91 Å². The molecule has 8 heteroatoms. The van der Waals surface area contributed by atoms with Crippen LogP contribution < -0.4 is 5.32 Å². The summed E-state index contributed by atoms with van der Waals surface area (Å²) in [6, 6.07) is 8.58. The van der Waals surface area contributed by atoms with Crippen LogP contribution in [-0.4, -0.2) is 25.7 Å². The number of hydrogen-bond donors (Lipinski definition) is 1. The van der Waals surface area contributed by atoms with Gasteiger partial charge in [-0.1, -0.05) is 29.3 Å². The molecule has 23 heavy (non-hydrogen) atoms. The van der Waals surface area contributed by atoms with E-state index in [-0.39, 0.29) is 12.3 Å². The minimum Gasteiger partial charge on any atom is -0.323 e. The van der Waals surface area contributed by atoms with Crippen molar-refractivity contribution in [1.82, 2.24) is 19.7 Å². The van der Waals surface area contributed by atoms with E-state index >= 15 is 0 Å². The van der Waals surface area contributed by atoms with E-state index in [1.165, 1.54) is 17.3 Å². The number of aromatic nitrogens is 4. The number of nitrogens with one attached hydrogen (secondary N) is 1. The third-order valence-electron chi connectivity index (χ3n) is 3.10. The molecule has 2 heterocycles. The minimum atomic E-state index is -0.255. The zero-order chi connectivity index (χ0) is 16.2. The maximum Gasteiger partial charge on any atom is 0.229 e. The molecule has 0 atom stereocenters. The van der Waals surface area contributed by atoms with Crippen molar-refractivity contribution >= 4 is 34.8 Å². The molecule has 1 amide bonds. The number of halogens is 2. The Labute approximate surface area is 142 Å². The molecular weight excluding hydrogens is 337 g/mol. The minimum absolute atomic E-state index is 0.0597. The fourth-order valence-electron chi connectivity index (χ4n) is 2.05. The highest BCUT2D eigenvalue weighted by Gasteiger charge is 2.13. The monoisotopic (exact) mass is 347 g/mol. The van der Waals surface area contributed by atoms with Crippen molar-refractivity contribution in [1.29, 1.82) is 0 Å². The Balaban J connectivity index is 1.82. The van der Waals surface area contributed by atoms with E-state index in [0.717, 1.165) is 0 Å². The fraction of sp³-hybridized carbons (Fsp3) is 0.0667. The van der Waals surface area contributed by atoms with E-state index in [4.69, 9.17) is 23.2 Å². The number of amides is 1. The Morgan fingerprint density at radius 3 is 2.65 bits per heavy atom. The summed E-state index contributed by atoms with van der Waals surface area (Å²) in [5, 5.41) is 7.72.